The minimum atomic E-state index is -4.65. The van der Waals surface area contributed by atoms with Crippen molar-refractivity contribution >= 4 is 13.6 Å². The quantitative estimate of drug-likeness (QED) is 0.0390. The second kappa shape index (κ2) is 33.1. The van der Waals surface area contributed by atoms with Gasteiger partial charge in [-0.3, -0.25) is 9.36 Å². The summed E-state index contributed by atoms with van der Waals surface area (Å²) < 4.78 is 18.0. The van der Waals surface area contributed by atoms with Gasteiger partial charge in [0.15, 0.2) is 5.16 Å². The molecule has 0 amide bonds. The number of rotatable bonds is 37. The Bertz CT molecular complexity index is 655. The van der Waals surface area contributed by atoms with Crippen LogP contribution in [0.1, 0.15) is 239 Å². The lowest BCUT2D eigenvalue weighted by Gasteiger charge is -2.32. The molecule has 5 nitrogen and oxygen atoms in total. The zero-order valence-electron chi connectivity index (χ0n) is 31.3. The summed E-state index contributed by atoms with van der Waals surface area (Å²) in [5.74, 6) is -0.690. The Hall–Kier alpha value is -0.380. The first kappa shape index (κ1) is 45.6. The summed E-state index contributed by atoms with van der Waals surface area (Å²) in [4.78, 5) is 33.8. The molecule has 0 aliphatic heterocycles. The van der Waals surface area contributed by atoms with Gasteiger partial charge in [0, 0.05) is 0 Å². The van der Waals surface area contributed by atoms with Crippen molar-refractivity contribution in [3.63, 3.8) is 0 Å². The molecular weight excluding hydrogens is 591 g/mol. The van der Waals surface area contributed by atoms with E-state index in [1.54, 1.807) is 6.92 Å². The van der Waals surface area contributed by atoms with Crippen molar-refractivity contribution in [3.05, 3.63) is 0 Å². The lowest BCUT2D eigenvalue weighted by atomic mass is 9.92. The van der Waals surface area contributed by atoms with E-state index in [1.807, 2.05) is 0 Å². The van der Waals surface area contributed by atoms with Gasteiger partial charge in [-0.05, 0) is 19.8 Å². The van der Waals surface area contributed by atoms with Crippen LogP contribution < -0.4 is 0 Å². The Labute approximate surface area is 287 Å². The zero-order chi connectivity index (χ0) is 34.0. The van der Waals surface area contributed by atoms with E-state index in [1.165, 1.54) is 167 Å². The highest BCUT2D eigenvalue weighted by Crippen LogP contribution is 2.56. The average molecular weight is 673 g/mol. The Morgan fingerprint density at radius 2 is 0.652 bits per heavy atom. The van der Waals surface area contributed by atoms with Gasteiger partial charge in [-0.15, -0.1) is 0 Å². The SMILES string of the molecule is CCCCCCCCCCCCCCCCCCC(CCCCCCCCCCCCCCCCCC)(C(=O)OCC)P(=O)(O)O. The molecule has 0 spiro atoms. The smallest absolute Gasteiger partial charge is 0.342 e. The summed E-state index contributed by atoms with van der Waals surface area (Å²) in [5.41, 5.74) is 0. The second-order valence-corrected chi connectivity index (χ2v) is 16.3. The van der Waals surface area contributed by atoms with Crippen LogP contribution in [0.15, 0.2) is 0 Å². The van der Waals surface area contributed by atoms with E-state index in [0.29, 0.717) is 12.8 Å². The van der Waals surface area contributed by atoms with Crippen molar-refractivity contribution in [3.8, 4) is 0 Å². The molecule has 0 saturated carbocycles. The molecule has 0 saturated heterocycles. The first-order valence-corrected chi connectivity index (χ1v) is 22.2. The molecule has 2 N–H and O–H groups in total. The van der Waals surface area contributed by atoms with Crippen LogP contribution >= 0.6 is 7.60 Å². The Balaban J connectivity index is 4.12. The maximum absolute atomic E-state index is 13.0. The van der Waals surface area contributed by atoms with Crippen LogP contribution in [-0.2, 0) is 14.1 Å². The predicted octanol–water partition coefficient (Wildman–Crippen LogP) is 13.8. The maximum atomic E-state index is 13.0. The molecule has 0 fully saturated rings. The third-order valence-electron chi connectivity index (χ3n) is 10.1. The van der Waals surface area contributed by atoms with Crippen molar-refractivity contribution in [1.82, 2.24) is 0 Å². The van der Waals surface area contributed by atoms with Crippen LogP contribution in [0.2, 0.25) is 0 Å². The van der Waals surface area contributed by atoms with Gasteiger partial charge in [0.2, 0.25) is 0 Å². The number of hydrogen-bond acceptors (Lipinski definition) is 3. The normalized spacial score (nSPS) is 12.2. The summed E-state index contributed by atoms with van der Waals surface area (Å²) in [6.45, 7) is 6.41. The molecule has 276 valence electrons. The minimum absolute atomic E-state index is 0.151. The summed E-state index contributed by atoms with van der Waals surface area (Å²) >= 11 is 0. The third kappa shape index (κ3) is 25.6. The first-order chi connectivity index (χ1) is 22.4. The zero-order valence-corrected chi connectivity index (χ0v) is 32.2. The fourth-order valence-corrected chi connectivity index (χ4v) is 8.14. The van der Waals surface area contributed by atoms with Crippen LogP contribution in [0.3, 0.4) is 0 Å². The van der Waals surface area contributed by atoms with Gasteiger partial charge in [0.1, 0.15) is 0 Å². The van der Waals surface area contributed by atoms with Gasteiger partial charge >= 0.3 is 13.6 Å². The van der Waals surface area contributed by atoms with Crippen molar-refractivity contribution in [2.75, 3.05) is 6.61 Å². The van der Waals surface area contributed by atoms with E-state index in [2.05, 4.69) is 13.8 Å². The van der Waals surface area contributed by atoms with Gasteiger partial charge in [-0.25, -0.2) is 0 Å². The van der Waals surface area contributed by atoms with Crippen LogP contribution in [0, 0.1) is 0 Å². The number of ether oxygens (including phenoxy) is 1. The van der Waals surface area contributed by atoms with E-state index < -0.39 is 18.7 Å². The van der Waals surface area contributed by atoms with Crippen LogP contribution in [0.5, 0.6) is 0 Å². The molecule has 0 aliphatic rings. The monoisotopic (exact) mass is 673 g/mol. The average Bonchev–Trinajstić information content (AvgIpc) is 3.02. The first-order valence-electron chi connectivity index (χ1n) is 20.6. The van der Waals surface area contributed by atoms with Gasteiger partial charge in [0.05, 0.1) is 6.61 Å². The molecule has 0 aliphatic carbocycles. The molecule has 0 unspecified atom stereocenters. The summed E-state index contributed by atoms with van der Waals surface area (Å²) in [6, 6.07) is 0. The maximum Gasteiger partial charge on any atom is 0.342 e. The number of esters is 1. The molecular formula is C40H81O5P. The Kier molecular flexibility index (Phi) is 32.9. The van der Waals surface area contributed by atoms with E-state index in [4.69, 9.17) is 4.74 Å². The lowest BCUT2D eigenvalue weighted by Crippen LogP contribution is -2.40. The summed E-state index contributed by atoms with van der Waals surface area (Å²) in [5, 5.41) is -1.67. The third-order valence-corrected chi connectivity index (χ3v) is 11.8. The van der Waals surface area contributed by atoms with Gasteiger partial charge < -0.3 is 14.5 Å². The second-order valence-electron chi connectivity index (χ2n) is 14.4. The van der Waals surface area contributed by atoms with Gasteiger partial charge in [-0.2, -0.15) is 0 Å². The highest BCUT2D eigenvalue weighted by Gasteiger charge is 2.53. The van der Waals surface area contributed by atoms with E-state index in [9.17, 15) is 19.1 Å². The van der Waals surface area contributed by atoms with Gasteiger partial charge in [-0.1, -0.05) is 219 Å². The van der Waals surface area contributed by atoms with E-state index in [0.717, 1.165) is 25.7 Å². The van der Waals surface area contributed by atoms with Crippen molar-refractivity contribution in [2.24, 2.45) is 0 Å². The number of carbonyl (C=O) groups excluding carboxylic acids is 1. The fourth-order valence-electron chi connectivity index (χ4n) is 6.94. The summed E-state index contributed by atoms with van der Waals surface area (Å²) in [6.07, 6.45) is 40.6. The molecule has 0 radical (unpaired) electrons. The van der Waals surface area contributed by atoms with Crippen LogP contribution in [0.4, 0.5) is 0 Å². The molecule has 0 rings (SSSR count). The molecule has 0 bridgehead atoms. The lowest BCUT2D eigenvalue weighted by molar-refractivity contribution is -0.147. The fraction of sp³-hybridized carbons (Fsp3) is 0.975. The Morgan fingerprint density at radius 1 is 0.435 bits per heavy atom. The highest BCUT2D eigenvalue weighted by molar-refractivity contribution is 7.54. The molecule has 0 atom stereocenters. The topological polar surface area (TPSA) is 83.8 Å². The summed E-state index contributed by atoms with van der Waals surface area (Å²) in [7, 11) is -4.65. The van der Waals surface area contributed by atoms with E-state index >= 15 is 0 Å². The number of hydrogen-bond donors (Lipinski definition) is 2. The minimum Gasteiger partial charge on any atom is -0.465 e. The molecule has 46 heavy (non-hydrogen) atoms. The molecule has 0 heterocycles. The molecule has 6 heteroatoms. The van der Waals surface area contributed by atoms with Crippen molar-refractivity contribution < 1.29 is 23.9 Å². The molecule has 0 aromatic rings. The van der Waals surface area contributed by atoms with Gasteiger partial charge in [0.25, 0.3) is 0 Å². The number of carbonyl (C=O) groups is 1. The Morgan fingerprint density at radius 3 is 0.848 bits per heavy atom. The largest absolute Gasteiger partial charge is 0.465 e. The predicted molar refractivity (Wildman–Crippen MR) is 200 cm³/mol. The highest BCUT2D eigenvalue weighted by atomic mass is 31.2. The van der Waals surface area contributed by atoms with Crippen LogP contribution in [0.25, 0.3) is 0 Å². The standard InChI is InChI=1S/C40H81O5P/c1-4-7-9-11-13-15-17-19-21-23-25-27-29-31-33-35-37-40(46(42,43)44,39(41)45-6-3)38-36-34-32-30-28-26-24-22-20-18-16-14-12-10-8-5-2/h4-38H2,1-3H3,(H2,42,43,44). The molecule has 0 aromatic heterocycles. The van der Waals surface area contributed by atoms with E-state index in [-0.39, 0.29) is 19.4 Å². The van der Waals surface area contributed by atoms with Crippen LogP contribution in [-0.4, -0.2) is 27.5 Å². The molecule has 0 aromatic carbocycles. The van der Waals surface area contributed by atoms with Crippen molar-refractivity contribution in [2.45, 2.75) is 244 Å². The van der Waals surface area contributed by atoms with Crippen molar-refractivity contribution in [1.29, 1.82) is 0 Å². The number of unbranched alkanes of at least 4 members (excludes halogenated alkanes) is 30.